The summed E-state index contributed by atoms with van der Waals surface area (Å²) in [6, 6.07) is 9.85. The SMILES string of the molecule is Cc1cc(Nc2nccc(C(F)(F)F)n2)cc(-c2cnc([C@@]3(O)CC[C@H](C(=O)Nc4cccnc4)C(C)(C)C3)s2)c1. The van der Waals surface area contributed by atoms with Crippen LogP contribution in [0.3, 0.4) is 0 Å². The first kappa shape index (κ1) is 28.6. The first-order valence-corrected chi connectivity index (χ1v) is 13.8. The van der Waals surface area contributed by atoms with Crippen LogP contribution in [0, 0.1) is 18.3 Å². The van der Waals surface area contributed by atoms with E-state index in [1.807, 2.05) is 26.8 Å². The third-order valence-corrected chi connectivity index (χ3v) is 8.49. The molecule has 5 rings (SSSR count). The van der Waals surface area contributed by atoms with Gasteiger partial charge in [0, 0.05) is 30.2 Å². The zero-order valence-corrected chi connectivity index (χ0v) is 23.5. The van der Waals surface area contributed by atoms with Crippen molar-refractivity contribution in [2.45, 2.75) is 51.8 Å². The van der Waals surface area contributed by atoms with Crippen LogP contribution < -0.4 is 10.6 Å². The normalized spacial score (nSPS) is 20.4. The molecular weight excluding hydrogens is 553 g/mol. The van der Waals surface area contributed by atoms with Crippen LogP contribution in [0.25, 0.3) is 10.4 Å². The Kier molecular flexibility index (Phi) is 7.56. The summed E-state index contributed by atoms with van der Waals surface area (Å²) in [5.74, 6) is -0.567. The first-order valence-electron chi connectivity index (χ1n) is 13.0. The van der Waals surface area contributed by atoms with E-state index in [4.69, 9.17) is 0 Å². The number of hydrogen-bond donors (Lipinski definition) is 3. The molecular formula is C29H29F3N6O2S. The molecule has 41 heavy (non-hydrogen) atoms. The van der Waals surface area contributed by atoms with Crippen LogP contribution in [0.4, 0.5) is 30.5 Å². The van der Waals surface area contributed by atoms with Crippen LogP contribution in [-0.2, 0) is 16.6 Å². The zero-order valence-electron chi connectivity index (χ0n) is 22.7. The highest BCUT2D eigenvalue weighted by molar-refractivity contribution is 7.15. The van der Waals surface area contributed by atoms with Crippen LogP contribution in [0.2, 0.25) is 0 Å². The smallest absolute Gasteiger partial charge is 0.383 e. The fourth-order valence-corrected chi connectivity index (χ4v) is 6.42. The molecule has 0 saturated heterocycles. The van der Waals surface area contributed by atoms with E-state index in [-0.39, 0.29) is 17.8 Å². The Morgan fingerprint density at radius 2 is 1.90 bits per heavy atom. The number of nitrogens with zero attached hydrogens (tertiary/aromatic N) is 4. The molecule has 1 aliphatic rings. The van der Waals surface area contributed by atoms with Gasteiger partial charge in [0.15, 0.2) is 0 Å². The fraction of sp³-hybridized carbons (Fsp3) is 0.345. The minimum absolute atomic E-state index is 0.102. The van der Waals surface area contributed by atoms with Crippen molar-refractivity contribution in [2.24, 2.45) is 11.3 Å². The van der Waals surface area contributed by atoms with Crippen molar-refractivity contribution >= 4 is 34.6 Å². The van der Waals surface area contributed by atoms with Crippen molar-refractivity contribution in [3.8, 4) is 10.4 Å². The minimum atomic E-state index is -4.58. The van der Waals surface area contributed by atoms with Crippen molar-refractivity contribution < 1.29 is 23.1 Å². The minimum Gasteiger partial charge on any atom is -0.383 e. The lowest BCUT2D eigenvalue weighted by Crippen LogP contribution is -2.46. The van der Waals surface area contributed by atoms with Crippen molar-refractivity contribution in [3.63, 3.8) is 0 Å². The van der Waals surface area contributed by atoms with Crippen molar-refractivity contribution in [3.05, 3.63) is 77.5 Å². The summed E-state index contributed by atoms with van der Waals surface area (Å²) in [7, 11) is 0. The number of nitrogens with one attached hydrogen (secondary N) is 2. The Labute approximate surface area is 239 Å². The first-order chi connectivity index (χ1) is 19.3. The van der Waals surface area contributed by atoms with E-state index in [0.29, 0.717) is 35.6 Å². The van der Waals surface area contributed by atoms with Gasteiger partial charge in [-0.1, -0.05) is 19.9 Å². The van der Waals surface area contributed by atoms with Gasteiger partial charge in [0.2, 0.25) is 11.9 Å². The molecule has 3 N–H and O–H groups in total. The number of benzene rings is 1. The van der Waals surface area contributed by atoms with Crippen LogP contribution in [0.5, 0.6) is 0 Å². The Hall–Kier alpha value is -3.90. The quantitative estimate of drug-likeness (QED) is 0.231. The zero-order chi connectivity index (χ0) is 29.4. The average Bonchev–Trinajstić information content (AvgIpc) is 3.40. The number of thiazole rings is 1. The summed E-state index contributed by atoms with van der Waals surface area (Å²) < 4.78 is 39.2. The predicted octanol–water partition coefficient (Wildman–Crippen LogP) is 6.72. The molecule has 214 valence electrons. The number of carbonyl (C=O) groups excluding carboxylic acids is 1. The number of anilines is 3. The molecule has 3 aromatic heterocycles. The molecule has 4 aromatic rings. The highest BCUT2D eigenvalue weighted by atomic mass is 32.1. The number of alkyl halides is 3. The van der Waals surface area contributed by atoms with Crippen LogP contribution in [0.1, 0.15) is 49.4 Å². The van der Waals surface area contributed by atoms with Gasteiger partial charge in [-0.3, -0.25) is 9.78 Å². The van der Waals surface area contributed by atoms with Crippen molar-refractivity contribution in [1.82, 2.24) is 19.9 Å². The number of carbonyl (C=O) groups is 1. The third-order valence-electron chi connectivity index (χ3n) is 7.25. The molecule has 1 aromatic carbocycles. The van der Waals surface area contributed by atoms with Crippen LogP contribution in [-0.4, -0.2) is 30.9 Å². The van der Waals surface area contributed by atoms with Gasteiger partial charge in [-0.2, -0.15) is 13.2 Å². The molecule has 3 heterocycles. The lowest BCUT2D eigenvalue weighted by molar-refractivity contribution is -0.141. The average molecular weight is 583 g/mol. The summed E-state index contributed by atoms with van der Waals surface area (Å²) >= 11 is 1.36. The lowest BCUT2D eigenvalue weighted by Gasteiger charge is -2.45. The molecule has 1 aliphatic carbocycles. The van der Waals surface area contributed by atoms with Gasteiger partial charge in [-0.05, 0) is 73.1 Å². The van der Waals surface area contributed by atoms with Gasteiger partial charge < -0.3 is 15.7 Å². The van der Waals surface area contributed by atoms with Gasteiger partial charge in [-0.25, -0.2) is 15.0 Å². The number of rotatable bonds is 6. The lowest BCUT2D eigenvalue weighted by atomic mass is 9.63. The number of hydrogen-bond acceptors (Lipinski definition) is 8. The summed E-state index contributed by atoms with van der Waals surface area (Å²) in [6.45, 7) is 5.83. The van der Waals surface area contributed by atoms with Gasteiger partial charge in [0.25, 0.3) is 0 Å². The second-order valence-electron chi connectivity index (χ2n) is 11.0. The van der Waals surface area contributed by atoms with E-state index in [2.05, 4.69) is 30.6 Å². The fourth-order valence-electron chi connectivity index (χ4n) is 5.40. The maximum Gasteiger partial charge on any atom is 0.433 e. The Balaban J connectivity index is 1.33. The molecule has 12 heteroatoms. The van der Waals surface area contributed by atoms with Crippen LogP contribution >= 0.6 is 11.3 Å². The van der Waals surface area contributed by atoms with Gasteiger partial charge in [0.1, 0.15) is 16.3 Å². The molecule has 0 spiro atoms. The van der Waals surface area contributed by atoms with E-state index in [1.54, 1.807) is 42.9 Å². The van der Waals surface area contributed by atoms with Crippen LogP contribution in [0.15, 0.2) is 61.2 Å². The third kappa shape index (κ3) is 6.38. The molecule has 0 radical (unpaired) electrons. The number of halogens is 3. The Morgan fingerprint density at radius 1 is 1.10 bits per heavy atom. The predicted molar refractivity (Wildman–Crippen MR) is 150 cm³/mol. The molecule has 0 aliphatic heterocycles. The van der Waals surface area contributed by atoms with E-state index in [9.17, 15) is 23.1 Å². The highest BCUT2D eigenvalue weighted by Crippen LogP contribution is 2.51. The van der Waals surface area contributed by atoms with Crippen molar-refractivity contribution in [2.75, 3.05) is 10.6 Å². The maximum absolute atomic E-state index is 13.1. The maximum atomic E-state index is 13.1. The summed E-state index contributed by atoms with van der Waals surface area (Å²) in [4.78, 5) is 30.0. The van der Waals surface area contributed by atoms with E-state index in [0.717, 1.165) is 28.3 Å². The summed E-state index contributed by atoms with van der Waals surface area (Å²) in [6.07, 6.45) is 2.62. The van der Waals surface area contributed by atoms with Gasteiger partial charge in [-0.15, -0.1) is 11.3 Å². The second-order valence-corrected chi connectivity index (χ2v) is 12.1. The van der Waals surface area contributed by atoms with Crippen molar-refractivity contribution in [1.29, 1.82) is 0 Å². The van der Waals surface area contributed by atoms with E-state index in [1.165, 1.54) is 11.3 Å². The molecule has 2 atom stereocenters. The number of aryl methyl sites for hydroxylation is 1. The highest BCUT2D eigenvalue weighted by Gasteiger charge is 2.49. The summed E-state index contributed by atoms with van der Waals surface area (Å²) in [5.41, 5.74) is 0.0719. The standard InChI is InChI=1S/C29H29F3N6O2S/c1-17-11-18(13-20(12-17)37-26-34-10-7-23(38-26)29(30,31)32)22-15-35-25(41-22)28(40)8-6-21(27(2,3)16-28)24(39)36-19-5-4-9-33-14-19/h4-5,7,9-15,21,40H,6,8,16H2,1-3H3,(H,36,39)(H,34,37,38)/t21-,28-/m1/s1. The number of aliphatic hydroxyl groups is 1. The summed E-state index contributed by atoms with van der Waals surface area (Å²) in [5, 5.41) is 18.1. The molecule has 8 nitrogen and oxygen atoms in total. The molecule has 1 saturated carbocycles. The topological polar surface area (TPSA) is 113 Å². The monoisotopic (exact) mass is 582 g/mol. The number of pyridine rings is 1. The molecule has 0 bridgehead atoms. The molecule has 1 amide bonds. The molecule has 0 unspecified atom stereocenters. The van der Waals surface area contributed by atoms with E-state index < -0.39 is 22.9 Å². The number of amides is 1. The second kappa shape index (κ2) is 10.8. The van der Waals surface area contributed by atoms with E-state index >= 15 is 0 Å². The van der Waals surface area contributed by atoms with Gasteiger partial charge in [0.05, 0.1) is 16.8 Å². The largest absolute Gasteiger partial charge is 0.433 e. The Bertz CT molecular complexity index is 1560. The molecule has 1 fully saturated rings. The van der Waals surface area contributed by atoms with Gasteiger partial charge >= 0.3 is 6.18 Å². The number of aromatic nitrogens is 4. The Morgan fingerprint density at radius 3 is 2.61 bits per heavy atom.